The SMILES string of the molecule is CO[Si](OC)(OC)C(C)CCC(C)OCC1CO1. The third-order valence-electron chi connectivity index (χ3n) is 3.43. The number of ether oxygens (including phenoxy) is 2. The van der Waals surface area contributed by atoms with E-state index in [1.165, 1.54) is 0 Å². The highest BCUT2D eigenvalue weighted by Gasteiger charge is 2.44. The molecule has 0 saturated carbocycles. The van der Waals surface area contributed by atoms with E-state index in [0.29, 0.717) is 12.7 Å². The molecule has 1 heterocycles. The summed E-state index contributed by atoms with van der Waals surface area (Å²) in [7, 11) is 2.46. The lowest BCUT2D eigenvalue weighted by atomic mass is 10.2. The summed E-state index contributed by atoms with van der Waals surface area (Å²) < 4.78 is 27.2. The van der Waals surface area contributed by atoms with E-state index in [-0.39, 0.29) is 11.6 Å². The van der Waals surface area contributed by atoms with Crippen molar-refractivity contribution in [2.75, 3.05) is 34.5 Å². The second-order valence-corrected chi connectivity index (χ2v) is 8.21. The average Bonchev–Trinajstić information content (AvgIpc) is 3.20. The summed E-state index contributed by atoms with van der Waals surface area (Å²) in [5, 5.41) is 0. The van der Waals surface area contributed by atoms with Gasteiger partial charge in [-0.3, -0.25) is 0 Å². The fourth-order valence-electron chi connectivity index (χ4n) is 2.03. The van der Waals surface area contributed by atoms with Crippen molar-refractivity contribution in [2.45, 2.75) is 44.4 Å². The molecule has 1 fully saturated rings. The van der Waals surface area contributed by atoms with Gasteiger partial charge in [0.25, 0.3) is 0 Å². The molecule has 1 aliphatic rings. The van der Waals surface area contributed by atoms with Gasteiger partial charge >= 0.3 is 8.80 Å². The van der Waals surface area contributed by atoms with Crippen LogP contribution < -0.4 is 0 Å². The van der Waals surface area contributed by atoms with Gasteiger partial charge in [-0.25, -0.2) is 0 Å². The Balaban J connectivity index is 2.26. The van der Waals surface area contributed by atoms with E-state index in [1.807, 2.05) is 0 Å². The molecular weight excluding hydrogens is 252 g/mol. The van der Waals surface area contributed by atoms with E-state index in [0.717, 1.165) is 19.4 Å². The molecule has 0 bridgehead atoms. The fraction of sp³-hybridized carbons (Fsp3) is 1.00. The number of hydrogen-bond acceptors (Lipinski definition) is 5. The standard InChI is InChI=1S/C12H26O5Si/c1-10(16-8-12-9-17-12)6-7-11(2)18(13-3,14-4)15-5/h10-12H,6-9H2,1-5H3. The molecule has 0 spiro atoms. The lowest BCUT2D eigenvalue weighted by molar-refractivity contribution is 0.0452. The van der Waals surface area contributed by atoms with Gasteiger partial charge in [0, 0.05) is 26.9 Å². The maximum Gasteiger partial charge on any atom is 0.503 e. The third kappa shape index (κ3) is 4.60. The van der Waals surface area contributed by atoms with Gasteiger partial charge in [-0.15, -0.1) is 0 Å². The molecule has 0 aliphatic carbocycles. The Morgan fingerprint density at radius 2 is 1.67 bits per heavy atom. The summed E-state index contributed by atoms with van der Waals surface area (Å²) in [4.78, 5) is 0. The average molecular weight is 278 g/mol. The highest BCUT2D eigenvalue weighted by atomic mass is 28.4. The van der Waals surface area contributed by atoms with Crippen LogP contribution in [0, 0.1) is 0 Å². The van der Waals surface area contributed by atoms with E-state index >= 15 is 0 Å². The van der Waals surface area contributed by atoms with Gasteiger partial charge < -0.3 is 22.8 Å². The second-order valence-electron chi connectivity index (χ2n) is 4.79. The van der Waals surface area contributed by atoms with Crippen LogP contribution in [0.15, 0.2) is 0 Å². The van der Waals surface area contributed by atoms with Crippen molar-refractivity contribution in [3.8, 4) is 0 Å². The molecular formula is C12H26O5Si. The van der Waals surface area contributed by atoms with Crippen LogP contribution in [0.3, 0.4) is 0 Å². The zero-order valence-electron chi connectivity index (χ0n) is 12.1. The van der Waals surface area contributed by atoms with Crippen molar-refractivity contribution < 1.29 is 22.8 Å². The van der Waals surface area contributed by atoms with Crippen LogP contribution in [0.5, 0.6) is 0 Å². The highest BCUT2D eigenvalue weighted by Crippen LogP contribution is 2.29. The molecule has 0 amide bonds. The first kappa shape index (κ1) is 16.1. The molecule has 5 nitrogen and oxygen atoms in total. The van der Waals surface area contributed by atoms with Crippen molar-refractivity contribution in [1.29, 1.82) is 0 Å². The summed E-state index contributed by atoms with van der Waals surface area (Å²) in [6.07, 6.45) is 2.50. The first-order valence-electron chi connectivity index (χ1n) is 6.46. The summed E-state index contributed by atoms with van der Waals surface area (Å²) in [5.74, 6) is 0. The van der Waals surface area contributed by atoms with Crippen LogP contribution in [0.25, 0.3) is 0 Å². The predicted molar refractivity (Wildman–Crippen MR) is 70.6 cm³/mol. The minimum absolute atomic E-state index is 0.230. The molecule has 1 saturated heterocycles. The van der Waals surface area contributed by atoms with Gasteiger partial charge in [-0.1, -0.05) is 6.92 Å². The van der Waals surface area contributed by atoms with Gasteiger partial charge in [0.15, 0.2) is 0 Å². The number of rotatable bonds is 10. The van der Waals surface area contributed by atoms with E-state index in [9.17, 15) is 0 Å². The molecule has 1 aliphatic heterocycles. The molecule has 6 heteroatoms. The van der Waals surface area contributed by atoms with Crippen LogP contribution in [-0.4, -0.2) is 55.6 Å². The number of epoxide rings is 1. The molecule has 3 unspecified atom stereocenters. The molecule has 0 aromatic heterocycles. The Bertz CT molecular complexity index is 222. The van der Waals surface area contributed by atoms with Crippen LogP contribution in [0.4, 0.5) is 0 Å². The summed E-state index contributed by atoms with van der Waals surface area (Å²) in [6, 6.07) is 0. The largest absolute Gasteiger partial charge is 0.503 e. The third-order valence-corrected chi connectivity index (χ3v) is 6.64. The molecule has 18 heavy (non-hydrogen) atoms. The predicted octanol–water partition coefficient (Wildman–Crippen LogP) is 1.84. The van der Waals surface area contributed by atoms with Crippen molar-refractivity contribution in [2.24, 2.45) is 0 Å². The second kappa shape index (κ2) is 7.57. The van der Waals surface area contributed by atoms with Crippen LogP contribution in [0.1, 0.15) is 26.7 Å². The lowest BCUT2D eigenvalue weighted by Gasteiger charge is -2.30. The fourth-order valence-corrected chi connectivity index (χ4v) is 4.26. The Morgan fingerprint density at radius 3 is 2.11 bits per heavy atom. The van der Waals surface area contributed by atoms with Gasteiger partial charge in [-0.05, 0) is 19.8 Å². The first-order chi connectivity index (χ1) is 8.57. The van der Waals surface area contributed by atoms with Gasteiger partial charge in [0.1, 0.15) is 6.10 Å². The Labute approximate surface area is 111 Å². The Morgan fingerprint density at radius 1 is 1.11 bits per heavy atom. The minimum Gasteiger partial charge on any atom is -0.377 e. The van der Waals surface area contributed by atoms with E-state index in [4.69, 9.17) is 22.8 Å². The molecule has 3 atom stereocenters. The normalized spacial score (nSPS) is 22.8. The van der Waals surface area contributed by atoms with Crippen molar-refractivity contribution in [3.63, 3.8) is 0 Å². The van der Waals surface area contributed by atoms with E-state index < -0.39 is 8.80 Å². The maximum absolute atomic E-state index is 5.70. The quantitative estimate of drug-likeness (QED) is 0.451. The lowest BCUT2D eigenvalue weighted by Crippen LogP contribution is -2.46. The Kier molecular flexibility index (Phi) is 6.76. The molecule has 108 valence electrons. The molecule has 1 rings (SSSR count). The van der Waals surface area contributed by atoms with Crippen LogP contribution >= 0.6 is 0 Å². The van der Waals surface area contributed by atoms with Crippen LogP contribution in [0.2, 0.25) is 5.54 Å². The molecule has 0 aromatic rings. The van der Waals surface area contributed by atoms with Gasteiger partial charge in [-0.2, -0.15) is 0 Å². The zero-order valence-corrected chi connectivity index (χ0v) is 13.1. The topological polar surface area (TPSA) is 49.5 Å². The minimum atomic E-state index is -2.50. The number of hydrogen-bond donors (Lipinski definition) is 0. The van der Waals surface area contributed by atoms with Crippen molar-refractivity contribution >= 4 is 8.80 Å². The summed E-state index contributed by atoms with van der Waals surface area (Å²) in [6.45, 7) is 5.75. The van der Waals surface area contributed by atoms with Gasteiger partial charge in [0.05, 0.1) is 19.3 Å². The summed E-state index contributed by atoms with van der Waals surface area (Å²) >= 11 is 0. The Hall–Kier alpha value is 0.0169. The zero-order chi connectivity index (χ0) is 13.6. The van der Waals surface area contributed by atoms with E-state index in [2.05, 4.69) is 13.8 Å². The highest BCUT2D eigenvalue weighted by molar-refractivity contribution is 6.62. The van der Waals surface area contributed by atoms with Crippen molar-refractivity contribution in [1.82, 2.24) is 0 Å². The van der Waals surface area contributed by atoms with Crippen molar-refractivity contribution in [3.05, 3.63) is 0 Å². The molecule has 0 aromatic carbocycles. The molecule has 0 radical (unpaired) electrons. The van der Waals surface area contributed by atoms with Gasteiger partial charge in [0.2, 0.25) is 0 Å². The monoisotopic (exact) mass is 278 g/mol. The van der Waals surface area contributed by atoms with Crippen LogP contribution in [-0.2, 0) is 22.8 Å². The first-order valence-corrected chi connectivity index (χ1v) is 8.26. The summed E-state index contributed by atoms with van der Waals surface area (Å²) in [5.41, 5.74) is 0.265. The van der Waals surface area contributed by atoms with E-state index in [1.54, 1.807) is 21.3 Å². The maximum atomic E-state index is 5.70. The smallest absolute Gasteiger partial charge is 0.377 e. The molecule has 0 N–H and O–H groups in total.